The van der Waals surface area contributed by atoms with Gasteiger partial charge in [-0.05, 0) is 47.5 Å². The summed E-state index contributed by atoms with van der Waals surface area (Å²) in [7, 11) is 1.35. The minimum absolute atomic E-state index is 0.114. The standard InChI is InChI=1S/C26H26O12/c1-36-20-11-15(3-7-17(20)28)5-8-22(31)37-21-13-26(35,25(33)34)12-19(30)24(21)38-23(32)9-4-14-2-6-16(27)18(29)10-14/h2-11,19,21,24,27-30,35H,12-13H2,1H3,(H,33,34)/b8-5-,9-4-. The van der Waals surface area contributed by atoms with Crippen LogP contribution in [0.2, 0.25) is 0 Å². The largest absolute Gasteiger partial charge is 0.504 e. The topological polar surface area (TPSA) is 200 Å². The molecule has 0 bridgehead atoms. The zero-order chi connectivity index (χ0) is 28.0. The molecule has 0 saturated heterocycles. The Morgan fingerprint density at radius 3 is 2.03 bits per heavy atom. The van der Waals surface area contributed by atoms with Gasteiger partial charge >= 0.3 is 17.9 Å². The summed E-state index contributed by atoms with van der Waals surface area (Å²) in [4.78, 5) is 36.5. The maximum atomic E-state index is 12.5. The van der Waals surface area contributed by atoms with Gasteiger partial charge in [0, 0.05) is 25.0 Å². The van der Waals surface area contributed by atoms with Gasteiger partial charge < -0.3 is 44.8 Å². The molecule has 0 aliphatic heterocycles. The number of carboxylic acid groups (broad SMARTS) is 1. The molecule has 0 spiro atoms. The number of ether oxygens (including phenoxy) is 3. The van der Waals surface area contributed by atoms with E-state index < -0.39 is 60.4 Å². The smallest absolute Gasteiger partial charge is 0.335 e. The second-order valence-electron chi connectivity index (χ2n) is 8.54. The Kier molecular flexibility index (Phi) is 8.61. The van der Waals surface area contributed by atoms with E-state index in [9.17, 15) is 45.0 Å². The average molecular weight is 530 g/mol. The molecule has 1 aliphatic carbocycles. The van der Waals surface area contributed by atoms with Crippen molar-refractivity contribution in [2.75, 3.05) is 7.11 Å². The number of phenolic OH excluding ortho intramolecular Hbond substituents is 3. The van der Waals surface area contributed by atoms with Crippen LogP contribution in [0.15, 0.2) is 48.6 Å². The first-order chi connectivity index (χ1) is 17.9. The molecule has 2 aromatic carbocycles. The molecule has 4 atom stereocenters. The van der Waals surface area contributed by atoms with Crippen molar-refractivity contribution in [3.63, 3.8) is 0 Å². The van der Waals surface area contributed by atoms with Crippen LogP contribution in [0.4, 0.5) is 0 Å². The van der Waals surface area contributed by atoms with Crippen molar-refractivity contribution in [3.8, 4) is 23.0 Å². The van der Waals surface area contributed by atoms with Gasteiger partial charge in [0.2, 0.25) is 0 Å². The molecule has 0 radical (unpaired) electrons. The summed E-state index contributed by atoms with van der Waals surface area (Å²) >= 11 is 0. The number of carboxylic acids is 1. The van der Waals surface area contributed by atoms with Gasteiger partial charge in [-0.3, -0.25) is 0 Å². The molecule has 0 amide bonds. The zero-order valence-electron chi connectivity index (χ0n) is 20.1. The van der Waals surface area contributed by atoms with Crippen LogP contribution in [-0.2, 0) is 23.9 Å². The van der Waals surface area contributed by atoms with Crippen LogP contribution >= 0.6 is 0 Å². The maximum absolute atomic E-state index is 12.5. The van der Waals surface area contributed by atoms with Crippen molar-refractivity contribution in [2.45, 2.75) is 36.8 Å². The number of benzene rings is 2. The fraction of sp³-hybridized carbons (Fsp3) is 0.269. The third-order valence-electron chi connectivity index (χ3n) is 5.78. The number of esters is 2. The number of aliphatic hydroxyl groups is 2. The third-order valence-corrected chi connectivity index (χ3v) is 5.78. The Morgan fingerprint density at radius 2 is 1.45 bits per heavy atom. The van der Waals surface area contributed by atoms with E-state index in [1.54, 1.807) is 0 Å². The molecule has 1 aliphatic rings. The normalized spacial score (nSPS) is 23.3. The van der Waals surface area contributed by atoms with E-state index in [0.29, 0.717) is 11.1 Å². The summed E-state index contributed by atoms with van der Waals surface area (Å²) < 4.78 is 15.5. The maximum Gasteiger partial charge on any atom is 0.335 e. The van der Waals surface area contributed by atoms with Crippen LogP contribution in [0.25, 0.3) is 12.2 Å². The summed E-state index contributed by atoms with van der Waals surface area (Å²) in [6.07, 6.45) is -1.57. The molecular weight excluding hydrogens is 504 g/mol. The van der Waals surface area contributed by atoms with Crippen LogP contribution in [0.1, 0.15) is 24.0 Å². The fourth-order valence-electron chi connectivity index (χ4n) is 3.81. The lowest BCUT2D eigenvalue weighted by atomic mass is 9.79. The van der Waals surface area contributed by atoms with Gasteiger partial charge in [-0.1, -0.05) is 12.1 Å². The minimum Gasteiger partial charge on any atom is -0.504 e. The molecule has 3 rings (SSSR count). The van der Waals surface area contributed by atoms with Crippen molar-refractivity contribution in [2.24, 2.45) is 0 Å². The van der Waals surface area contributed by atoms with E-state index in [0.717, 1.165) is 12.2 Å². The van der Waals surface area contributed by atoms with Gasteiger partial charge in [-0.2, -0.15) is 0 Å². The lowest BCUT2D eigenvalue weighted by molar-refractivity contribution is -0.204. The van der Waals surface area contributed by atoms with Crippen molar-refractivity contribution in [1.29, 1.82) is 0 Å². The molecule has 0 aromatic heterocycles. The lowest BCUT2D eigenvalue weighted by Crippen LogP contribution is -2.58. The van der Waals surface area contributed by atoms with Crippen LogP contribution in [0.5, 0.6) is 23.0 Å². The van der Waals surface area contributed by atoms with Crippen LogP contribution < -0.4 is 4.74 Å². The van der Waals surface area contributed by atoms with Crippen LogP contribution in [0, 0.1) is 0 Å². The molecule has 1 fully saturated rings. The zero-order valence-corrected chi connectivity index (χ0v) is 20.1. The molecule has 12 nitrogen and oxygen atoms in total. The van der Waals surface area contributed by atoms with Gasteiger partial charge in [0.15, 0.2) is 34.7 Å². The number of phenols is 3. The number of hydrogen-bond donors (Lipinski definition) is 6. The Labute approximate surface area is 216 Å². The van der Waals surface area contributed by atoms with Gasteiger partial charge in [0.25, 0.3) is 0 Å². The summed E-state index contributed by atoms with van der Waals surface area (Å²) in [5.41, 5.74) is -1.66. The average Bonchev–Trinajstić information content (AvgIpc) is 2.86. The Hall–Kier alpha value is -4.55. The summed E-state index contributed by atoms with van der Waals surface area (Å²) in [6.45, 7) is 0. The van der Waals surface area contributed by atoms with Crippen molar-refractivity contribution >= 4 is 30.1 Å². The Morgan fingerprint density at radius 1 is 0.868 bits per heavy atom. The first kappa shape index (κ1) is 28.0. The number of aliphatic carboxylic acids is 1. The van der Waals surface area contributed by atoms with Crippen molar-refractivity contribution < 1.29 is 59.2 Å². The first-order valence-corrected chi connectivity index (χ1v) is 11.2. The lowest BCUT2D eigenvalue weighted by Gasteiger charge is -2.40. The number of carbonyl (C=O) groups is 3. The highest BCUT2D eigenvalue weighted by Gasteiger charge is 2.52. The SMILES string of the molecule is COc1cc(/C=C\C(=O)OC2CC(O)(C(=O)O)CC(O)C2OC(=O)/C=C\c2ccc(O)c(O)c2)ccc1O. The van der Waals surface area contributed by atoms with E-state index in [2.05, 4.69) is 0 Å². The fourth-order valence-corrected chi connectivity index (χ4v) is 3.81. The highest BCUT2D eigenvalue weighted by Crippen LogP contribution is 2.33. The highest BCUT2D eigenvalue weighted by atomic mass is 16.6. The molecular formula is C26H26O12. The third kappa shape index (κ3) is 6.81. The monoisotopic (exact) mass is 530 g/mol. The quantitative estimate of drug-likeness (QED) is 0.163. The Bertz CT molecular complexity index is 1270. The highest BCUT2D eigenvalue weighted by molar-refractivity contribution is 5.88. The summed E-state index contributed by atoms with van der Waals surface area (Å²) in [6, 6.07) is 8.06. The van der Waals surface area contributed by atoms with Gasteiger partial charge in [0.1, 0.15) is 6.10 Å². The molecule has 6 N–H and O–H groups in total. The molecule has 38 heavy (non-hydrogen) atoms. The van der Waals surface area contributed by atoms with E-state index >= 15 is 0 Å². The number of aliphatic hydroxyl groups excluding tert-OH is 1. The first-order valence-electron chi connectivity index (χ1n) is 11.2. The molecule has 202 valence electrons. The second-order valence-corrected chi connectivity index (χ2v) is 8.54. The molecule has 2 aromatic rings. The van der Waals surface area contributed by atoms with Crippen LogP contribution in [0.3, 0.4) is 0 Å². The van der Waals surface area contributed by atoms with E-state index in [1.807, 2.05) is 0 Å². The number of methoxy groups -OCH3 is 1. The molecule has 4 unspecified atom stereocenters. The van der Waals surface area contributed by atoms with Gasteiger partial charge in [-0.25, -0.2) is 14.4 Å². The van der Waals surface area contributed by atoms with E-state index in [4.69, 9.17) is 14.2 Å². The molecule has 0 heterocycles. The van der Waals surface area contributed by atoms with Gasteiger partial charge in [-0.15, -0.1) is 0 Å². The van der Waals surface area contributed by atoms with Crippen molar-refractivity contribution in [3.05, 3.63) is 59.7 Å². The number of rotatable bonds is 8. The van der Waals surface area contributed by atoms with E-state index in [1.165, 1.54) is 55.7 Å². The summed E-state index contributed by atoms with van der Waals surface area (Å²) in [5, 5.41) is 58.9. The van der Waals surface area contributed by atoms with Crippen molar-refractivity contribution in [1.82, 2.24) is 0 Å². The number of aromatic hydroxyl groups is 3. The minimum atomic E-state index is -2.44. The molecule has 1 saturated carbocycles. The predicted octanol–water partition coefficient (Wildman–Crippen LogP) is 1.33. The number of carbonyl (C=O) groups excluding carboxylic acids is 2. The summed E-state index contributed by atoms with van der Waals surface area (Å²) in [5.74, 6) is -4.36. The molecule has 12 heteroatoms. The number of hydrogen-bond acceptors (Lipinski definition) is 11. The second kappa shape index (κ2) is 11.7. The predicted molar refractivity (Wildman–Crippen MR) is 130 cm³/mol. The van der Waals surface area contributed by atoms with Gasteiger partial charge in [0.05, 0.1) is 13.2 Å². The Balaban J connectivity index is 1.76. The van der Waals surface area contributed by atoms with Crippen LogP contribution in [-0.4, -0.2) is 79.6 Å². The van der Waals surface area contributed by atoms with E-state index in [-0.39, 0.29) is 17.2 Å².